The molecule has 0 heterocycles. The van der Waals surface area contributed by atoms with Gasteiger partial charge >= 0.3 is 202 Å². The molecule has 0 saturated carbocycles. The van der Waals surface area contributed by atoms with Crippen LogP contribution < -0.4 is 20.7 Å². The fraction of sp³-hybridized carbons (Fsp3) is 0.0769. The molecule has 0 amide bonds. The van der Waals surface area contributed by atoms with Crippen molar-refractivity contribution in [1.82, 2.24) is 0 Å². The third-order valence-electron chi connectivity index (χ3n) is 5.71. The van der Waals surface area contributed by atoms with Crippen molar-refractivity contribution in [3.8, 4) is 5.75 Å². The van der Waals surface area contributed by atoms with Gasteiger partial charge in [-0.05, 0) is 0 Å². The molecule has 0 bridgehead atoms. The number of rotatable bonds is 6. The van der Waals surface area contributed by atoms with E-state index in [9.17, 15) is 0 Å². The Balaban J connectivity index is 2.13. The van der Waals surface area contributed by atoms with E-state index in [-0.39, 0.29) is 0 Å². The maximum atomic E-state index is 6.84. The molecule has 158 valence electrons. The van der Waals surface area contributed by atoms with Gasteiger partial charge in [-0.1, -0.05) is 0 Å². The monoisotopic (exact) mass is 530 g/mol. The molecule has 4 aromatic carbocycles. The van der Waals surface area contributed by atoms with E-state index >= 15 is 0 Å². The number of hydrogen-bond donors (Lipinski definition) is 0. The summed E-state index contributed by atoms with van der Waals surface area (Å²) in [6.07, 6.45) is 0.610. The molecule has 0 radical (unpaired) electrons. The average Bonchev–Trinajstić information content (AvgIpc) is 2.83. The molecule has 0 aliphatic rings. The number of ether oxygens (including phenoxy) is 1. The van der Waals surface area contributed by atoms with Crippen LogP contribution in [-0.4, -0.2) is 7.11 Å². The van der Waals surface area contributed by atoms with Crippen molar-refractivity contribution in [1.29, 1.82) is 0 Å². The zero-order chi connectivity index (χ0) is 21.9. The molecule has 0 aromatic heterocycles. The predicted octanol–water partition coefficient (Wildman–Crippen LogP) is 7.34. The SMILES string of the molecule is COc1ccc(Cl)c(CP(Br)(c2ccccc2)(c2ccccc2)c2ccccc2)c1Cl. The van der Waals surface area contributed by atoms with Gasteiger partial charge in [0.05, 0.1) is 0 Å². The van der Waals surface area contributed by atoms with E-state index in [1.54, 1.807) is 7.11 Å². The van der Waals surface area contributed by atoms with Crippen molar-refractivity contribution in [3.63, 3.8) is 0 Å². The summed E-state index contributed by atoms with van der Waals surface area (Å²) in [5.74, 6) is 0.618. The molecular formula is C26H22BrCl2OP. The summed E-state index contributed by atoms with van der Waals surface area (Å²) in [5.41, 5.74) is 0.869. The number of benzene rings is 4. The van der Waals surface area contributed by atoms with Crippen molar-refractivity contribution >= 4 is 59.9 Å². The Hall–Kier alpha value is -1.83. The van der Waals surface area contributed by atoms with Gasteiger partial charge in [-0.2, -0.15) is 0 Å². The average molecular weight is 532 g/mol. The van der Waals surface area contributed by atoms with Gasteiger partial charge in [0.15, 0.2) is 0 Å². The standard InChI is InChI=1S/C26H22BrCl2OP/c1-30-25-18-17-24(28)23(26(25)29)19-31(27,20-11-5-2-6-12-20,21-13-7-3-8-14-21)22-15-9-4-10-16-22/h2-18H,19H2,1H3. The fourth-order valence-electron chi connectivity index (χ4n) is 4.11. The van der Waals surface area contributed by atoms with Crippen LogP contribution in [0.15, 0.2) is 103 Å². The van der Waals surface area contributed by atoms with E-state index in [0.29, 0.717) is 22.0 Å². The van der Waals surface area contributed by atoms with Crippen LogP contribution in [0.1, 0.15) is 5.56 Å². The molecule has 0 spiro atoms. The molecule has 0 atom stereocenters. The van der Waals surface area contributed by atoms with Crippen molar-refractivity contribution in [3.05, 3.63) is 119 Å². The molecule has 0 aliphatic carbocycles. The quantitative estimate of drug-likeness (QED) is 0.236. The van der Waals surface area contributed by atoms with E-state index in [4.69, 9.17) is 27.9 Å². The van der Waals surface area contributed by atoms with E-state index in [1.165, 1.54) is 15.9 Å². The van der Waals surface area contributed by atoms with Gasteiger partial charge in [-0.15, -0.1) is 0 Å². The van der Waals surface area contributed by atoms with Gasteiger partial charge in [-0.3, -0.25) is 0 Å². The van der Waals surface area contributed by atoms with Crippen LogP contribution in [0.3, 0.4) is 0 Å². The van der Waals surface area contributed by atoms with Crippen molar-refractivity contribution in [2.75, 3.05) is 7.11 Å². The third kappa shape index (κ3) is 3.81. The van der Waals surface area contributed by atoms with Gasteiger partial charge in [0.1, 0.15) is 0 Å². The normalized spacial score (nSPS) is 12.7. The van der Waals surface area contributed by atoms with Crippen LogP contribution in [0.5, 0.6) is 5.75 Å². The van der Waals surface area contributed by atoms with Crippen molar-refractivity contribution in [2.45, 2.75) is 6.16 Å². The number of methoxy groups -OCH3 is 1. The Labute approximate surface area is 201 Å². The van der Waals surface area contributed by atoms with Crippen molar-refractivity contribution in [2.24, 2.45) is 0 Å². The van der Waals surface area contributed by atoms with Gasteiger partial charge in [0, 0.05) is 0 Å². The van der Waals surface area contributed by atoms with Gasteiger partial charge in [-0.25, -0.2) is 0 Å². The minimum absolute atomic E-state index is 0.547. The molecule has 0 unspecified atom stereocenters. The number of hydrogen-bond acceptors (Lipinski definition) is 1. The van der Waals surface area contributed by atoms with E-state index in [2.05, 4.69) is 88.3 Å². The summed E-state index contributed by atoms with van der Waals surface area (Å²) in [6.45, 7) is 0. The molecular weight excluding hydrogens is 510 g/mol. The second kappa shape index (κ2) is 8.96. The van der Waals surface area contributed by atoms with Crippen LogP contribution >= 0.6 is 44.0 Å². The van der Waals surface area contributed by atoms with E-state index < -0.39 is 5.31 Å². The number of halogens is 3. The zero-order valence-electron chi connectivity index (χ0n) is 17.0. The van der Waals surface area contributed by atoms with Crippen LogP contribution in [0.25, 0.3) is 0 Å². The Bertz CT molecular complexity index is 1080. The topological polar surface area (TPSA) is 9.23 Å². The summed E-state index contributed by atoms with van der Waals surface area (Å²) >= 11 is 18.0. The summed E-state index contributed by atoms with van der Waals surface area (Å²) in [5, 5.41) is 1.61. The molecule has 4 rings (SSSR count). The summed E-state index contributed by atoms with van der Waals surface area (Å²) in [4.78, 5) is 0. The zero-order valence-corrected chi connectivity index (χ0v) is 21.0. The fourth-order valence-corrected chi connectivity index (χ4v) is 12.5. The second-order valence-electron chi connectivity index (χ2n) is 7.39. The first kappa shape index (κ1) is 22.4. The first-order valence-corrected chi connectivity index (χ1v) is 15.1. The molecule has 0 saturated heterocycles. The third-order valence-corrected chi connectivity index (χ3v) is 16.0. The summed E-state index contributed by atoms with van der Waals surface area (Å²) in [7, 11) is 1.62. The van der Waals surface area contributed by atoms with Gasteiger partial charge in [0.2, 0.25) is 0 Å². The molecule has 1 nitrogen and oxygen atoms in total. The van der Waals surface area contributed by atoms with Crippen LogP contribution in [0.4, 0.5) is 0 Å². The molecule has 4 aromatic rings. The summed E-state index contributed by atoms with van der Waals surface area (Å²) in [6, 6.07) is 35.4. The predicted molar refractivity (Wildman–Crippen MR) is 141 cm³/mol. The Morgan fingerprint density at radius 3 is 1.48 bits per heavy atom. The van der Waals surface area contributed by atoms with Gasteiger partial charge in [0.25, 0.3) is 0 Å². The molecule has 5 heteroatoms. The van der Waals surface area contributed by atoms with Crippen LogP contribution in [0, 0.1) is 0 Å². The molecule has 0 fully saturated rings. The van der Waals surface area contributed by atoms with Crippen LogP contribution in [-0.2, 0) is 6.16 Å². The van der Waals surface area contributed by atoms with Crippen molar-refractivity contribution < 1.29 is 4.74 Å². The summed E-state index contributed by atoms with van der Waals surface area (Å²) < 4.78 is 5.51. The first-order chi connectivity index (χ1) is 15.0. The Kier molecular flexibility index (Phi) is 6.47. The van der Waals surface area contributed by atoms with E-state index in [1.807, 2.05) is 30.3 Å². The van der Waals surface area contributed by atoms with Crippen LogP contribution in [0.2, 0.25) is 10.0 Å². The molecule has 0 aliphatic heterocycles. The first-order valence-electron chi connectivity index (χ1n) is 9.89. The minimum atomic E-state index is -3.20. The second-order valence-corrected chi connectivity index (χ2v) is 17.1. The molecule has 31 heavy (non-hydrogen) atoms. The maximum absolute atomic E-state index is 6.84. The molecule has 0 N–H and O–H groups in total. The Morgan fingerprint density at radius 1 is 0.677 bits per heavy atom. The van der Waals surface area contributed by atoms with Gasteiger partial charge < -0.3 is 0 Å². The van der Waals surface area contributed by atoms with E-state index in [0.717, 1.165) is 5.56 Å². The Morgan fingerprint density at radius 2 is 1.10 bits per heavy atom.